The van der Waals surface area contributed by atoms with Crippen LogP contribution in [0.3, 0.4) is 0 Å². The highest BCUT2D eigenvalue weighted by molar-refractivity contribution is 9.10. The van der Waals surface area contributed by atoms with E-state index in [1.807, 2.05) is 24.3 Å². The van der Waals surface area contributed by atoms with Gasteiger partial charge in [0.1, 0.15) is 5.75 Å². The summed E-state index contributed by atoms with van der Waals surface area (Å²) in [4.78, 5) is 0. The predicted molar refractivity (Wildman–Crippen MR) is 80.8 cm³/mol. The van der Waals surface area contributed by atoms with Crippen molar-refractivity contribution in [3.63, 3.8) is 0 Å². The van der Waals surface area contributed by atoms with Crippen molar-refractivity contribution >= 4 is 27.5 Å². The van der Waals surface area contributed by atoms with Crippen LogP contribution in [0.15, 0.2) is 46.9 Å². The molecule has 4 heteroatoms. The summed E-state index contributed by atoms with van der Waals surface area (Å²) in [6.07, 6.45) is -0.0983. The number of hydrogen-bond acceptors (Lipinski definition) is 2. The summed E-state index contributed by atoms with van der Waals surface area (Å²) in [6.45, 7) is 0. The van der Waals surface area contributed by atoms with E-state index in [2.05, 4.69) is 15.9 Å². The Labute approximate surface area is 126 Å². The Morgan fingerprint density at radius 1 is 1.21 bits per heavy atom. The fourth-order valence-corrected chi connectivity index (χ4v) is 2.42. The molecule has 1 unspecified atom stereocenters. The van der Waals surface area contributed by atoms with Gasteiger partial charge >= 0.3 is 0 Å². The monoisotopic (exact) mass is 340 g/mol. The van der Waals surface area contributed by atoms with Crippen molar-refractivity contribution in [2.24, 2.45) is 0 Å². The van der Waals surface area contributed by atoms with Crippen LogP contribution in [0.5, 0.6) is 5.75 Å². The Bertz CT molecular complexity index is 555. The topological polar surface area (TPSA) is 29.5 Å². The van der Waals surface area contributed by atoms with E-state index >= 15 is 0 Å². The summed E-state index contributed by atoms with van der Waals surface area (Å²) in [5.41, 5.74) is 1.77. The fourth-order valence-electron chi connectivity index (χ4n) is 1.86. The molecule has 0 radical (unpaired) electrons. The molecule has 2 nitrogen and oxygen atoms in total. The number of rotatable bonds is 4. The molecule has 0 heterocycles. The summed E-state index contributed by atoms with van der Waals surface area (Å²) >= 11 is 9.53. The standard InChI is InChI=1S/C15H14BrClO2/c1-19-12-6-7-13(14(17)9-12)15(18)8-10-2-4-11(16)5-3-10/h2-7,9,15,18H,8H2,1H3. The summed E-state index contributed by atoms with van der Waals surface area (Å²) < 4.78 is 6.11. The van der Waals surface area contributed by atoms with Gasteiger partial charge in [0.15, 0.2) is 0 Å². The minimum atomic E-state index is -0.625. The molecule has 0 saturated heterocycles. The number of benzene rings is 2. The van der Waals surface area contributed by atoms with Crippen LogP contribution in [-0.2, 0) is 6.42 Å². The molecule has 0 saturated carbocycles. The van der Waals surface area contributed by atoms with Gasteiger partial charge in [-0.15, -0.1) is 0 Å². The van der Waals surface area contributed by atoms with Gasteiger partial charge in [-0.25, -0.2) is 0 Å². The Morgan fingerprint density at radius 2 is 1.89 bits per heavy atom. The molecule has 100 valence electrons. The van der Waals surface area contributed by atoms with Gasteiger partial charge in [0.05, 0.1) is 18.2 Å². The van der Waals surface area contributed by atoms with E-state index in [0.717, 1.165) is 10.0 Å². The Morgan fingerprint density at radius 3 is 2.47 bits per heavy atom. The molecule has 19 heavy (non-hydrogen) atoms. The second kappa shape index (κ2) is 6.42. The van der Waals surface area contributed by atoms with Crippen molar-refractivity contribution in [3.8, 4) is 5.75 Å². The maximum Gasteiger partial charge on any atom is 0.120 e. The van der Waals surface area contributed by atoms with Gasteiger partial charge in [0, 0.05) is 10.9 Å². The van der Waals surface area contributed by atoms with Gasteiger partial charge in [0.2, 0.25) is 0 Å². The summed E-state index contributed by atoms with van der Waals surface area (Å²) in [5, 5.41) is 10.8. The summed E-state index contributed by atoms with van der Waals surface area (Å²) in [7, 11) is 1.59. The minimum absolute atomic E-state index is 0.518. The predicted octanol–water partition coefficient (Wildman–Crippen LogP) is 4.39. The number of hydrogen-bond donors (Lipinski definition) is 1. The maximum atomic E-state index is 10.3. The Kier molecular flexibility index (Phi) is 4.86. The average molecular weight is 342 g/mol. The van der Waals surface area contributed by atoms with Crippen LogP contribution >= 0.6 is 27.5 Å². The summed E-state index contributed by atoms with van der Waals surface area (Å²) in [5.74, 6) is 0.685. The van der Waals surface area contributed by atoms with Gasteiger partial charge in [-0.05, 0) is 35.4 Å². The third-order valence-corrected chi connectivity index (χ3v) is 3.76. The van der Waals surface area contributed by atoms with Crippen molar-refractivity contribution < 1.29 is 9.84 Å². The summed E-state index contributed by atoms with van der Waals surface area (Å²) in [6, 6.07) is 13.2. The van der Waals surface area contributed by atoms with Crippen LogP contribution in [0.4, 0.5) is 0 Å². The first kappa shape index (κ1) is 14.4. The minimum Gasteiger partial charge on any atom is -0.497 e. The molecule has 2 rings (SSSR count). The average Bonchev–Trinajstić information content (AvgIpc) is 2.41. The highest BCUT2D eigenvalue weighted by atomic mass is 79.9. The molecule has 0 aliphatic rings. The van der Waals surface area contributed by atoms with E-state index in [-0.39, 0.29) is 0 Å². The van der Waals surface area contributed by atoms with Crippen molar-refractivity contribution in [1.29, 1.82) is 0 Å². The molecule has 0 aromatic heterocycles. The molecule has 0 spiro atoms. The molecule has 0 aliphatic carbocycles. The number of aliphatic hydroxyl groups is 1. The van der Waals surface area contributed by atoms with Gasteiger partial charge in [-0.3, -0.25) is 0 Å². The van der Waals surface area contributed by atoms with E-state index in [4.69, 9.17) is 16.3 Å². The van der Waals surface area contributed by atoms with Crippen molar-refractivity contribution in [2.75, 3.05) is 7.11 Å². The van der Waals surface area contributed by atoms with E-state index in [1.165, 1.54) is 0 Å². The molecule has 2 aromatic carbocycles. The van der Waals surface area contributed by atoms with Crippen molar-refractivity contribution in [1.82, 2.24) is 0 Å². The quantitative estimate of drug-likeness (QED) is 0.894. The lowest BCUT2D eigenvalue weighted by Crippen LogP contribution is -2.02. The third-order valence-electron chi connectivity index (χ3n) is 2.91. The fraction of sp³-hybridized carbons (Fsp3) is 0.200. The Hall–Kier alpha value is -1.03. The largest absolute Gasteiger partial charge is 0.497 e. The van der Waals surface area contributed by atoms with Crippen molar-refractivity contribution in [2.45, 2.75) is 12.5 Å². The number of aliphatic hydroxyl groups excluding tert-OH is 1. The van der Waals surface area contributed by atoms with Crippen LogP contribution in [0.2, 0.25) is 5.02 Å². The van der Waals surface area contributed by atoms with Crippen LogP contribution in [0, 0.1) is 0 Å². The van der Waals surface area contributed by atoms with Crippen LogP contribution in [0.1, 0.15) is 17.2 Å². The molecule has 1 N–H and O–H groups in total. The zero-order valence-corrected chi connectivity index (χ0v) is 12.8. The first-order chi connectivity index (χ1) is 9.10. The molecule has 0 fully saturated rings. The molecule has 0 aliphatic heterocycles. The smallest absolute Gasteiger partial charge is 0.120 e. The maximum absolute atomic E-state index is 10.3. The Balaban J connectivity index is 2.15. The van der Waals surface area contributed by atoms with E-state index in [9.17, 15) is 5.11 Å². The SMILES string of the molecule is COc1ccc(C(O)Cc2ccc(Br)cc2)c(Cl)c1. The lowest BCUT2D eigenvalue weighted by molar-refractivity contribution is 0.178. The molecule has 0 amide bonds. The highest BCUT2D eigenvalue weighted by Crippen LogP contribution is 2.29. The zero-order valence-electron chi connectivity index (χ0n) is 10.4. The molecular weight excluding hydrogens is 328 g/mol. The number of halogens is 2. The highest BCUT2D eigenvalue weighted by Gasteiger charge is 2.13. The van der Waals surface area contributed by atoms with Crippen molar-refractivity contribution in [3.05, 3.63) is 63.1 Å². The van der Waals surface area contributed by atoms with Gasteiger partial charge in [-0.2, -0.15) is 0 Å². The van der Waals surface area contributed by atoms with Crippen LogP contribution in [-0.4, -0.2) is 12.2 Å². The lowest BCUT2D eigenvalue weighted by atomic mass is 10.0. The molecule has 2 aromatic rings. The number of ether oxygens (including phenoxy) is 1. The van der Waals surface area contributed by atoms with E-state index in [0.29, 0.717) is 22.8 Å². The van der Waals surface area contributed by atoms with Crippen LogP contribution < -0.4 is 4.74 Å². The molecular formula is C15H14BrClO2. The first-order valence-corrected chi connectivity index (χ1v) is 7.03. The zero-order chi connectivity index (χ0) is 13.8. The second-order valence-corrected chi connectivity index (χ2v) is 5.56. The number of methoxy groups -OCH3 is 1. The van der Waals surface area contributed by atoms with E-state index in [1.54, 1.807) is 25.3 Å². The van der Waals surface area contributed by atoms with Crippen LogP contribution in [0.25, 0.3) is 0 Å². The molecule has 0 bridgehead atoms. The van der Waals surface area contributed by atoms with Gasteiger partial charge in [0.25, 0.3) is 0 Å². The normalized spacial score (nSPS) is 12.2. The van der Waals surface area contributed by atoms with E-state index < -0.39 is 6.10 Å². The van der Waals surface area contributed by atoms with Gasteiger partial charge in [-0.1, -0.05) is 45.7 Å². The first-order valence-electron chi connectivity index (χ1n) is 5.86. The molecule has 1 atom stereocenters. The van der Waals surface area contributed by atoms with Gasteiger partial charge < -0.3 is 9.84 Å². The third kappa shape index (κ3) is 3.72. The lowest BCUT2D eigenvalue weighted by Gasteiger charge is -2.13. The second-order valence-electron chi connectivity index (χ2n) is 4.23.